The summed E-state index contributed by atoms with van der Waals surface area (Å²) in [6.07, 6.45) is -1.83. The predicted molar refractivity (Wildman–Crippen MR) is 130 cm³/mol. The molecular formula is C24H27F3N8O2. The number of nitrogens with zero attached hydrogens (tertiary/aromatic N) is 6. The van der Waals surface area contributed by atoms with E-state index in [0.29, 0.717) is 61.8 Å². The molecule has 37 heavy (non-hydrogen) atoms. The largest absolute Gasteiger partial charge is 0.416 e. The minimum atomic E-state index is -4.48. The van der Waals surface area contributed by atoms with Gasteiger partial charge in [-0.15, -0.1) is 0 Å². The zero-order chi connectivity index (χ0) is 25.9. The van der Waals surface area contributed by atoms with Gasteiger partial charge in [0.25, 0.3) is 0 Å². The summed E-state index contributed by atoms with van der Waals surface area (Å²) < 4.78 is 41.5. The van der Waals surface area contributed by atoms with Gasteiger partial charge < -0.3 is 20.6 Å². The fourth-order valence-corrected chi connectivity index (χ4v) is 5.32. The predicted octanol–water partition coefficient (Wildman–Crippen LogP) is 1.78. The topological polar surface area (TPSA) is 111 Å². The Morgan fingerprint density at radius 2 is 2.00 bits per heavy atom. The number of halogens is 3. The van der Waals surface area contributed by atoms with Crippen LogP contribution in [0.15, 0.2) is 30.5 Å². The summed E-state index contributed by atoms with van der Waals surface area (Å²) >= 11 is 0. The normalized spacial score (nSPS) is 25.1. The van der Waals surface area contributed by atoms with Crippen molar-refractivity contribution >= 4 is 28.7 Å². The van der Waals surface area contributed by atoms with Crippen molar-refractivity contribution in [2.75, 3.05) is 42.9 Å². The SMILES string of the molecule is CC1(O)CC(Nc2nc(N3CC(N4CCNC(=O)C4)C3)c3cnn(-c4cccc(C(F)(F)F)c4)c3n2)C1. The summed E-state index contributed by atoms with van der Waals surface area (Å²) in [5, 5.41) is 21.2. The van der Waals surface area contributed by atoms with E-state index in [4.69, 9.17) is 4.98 Å². The molecule has 2 aliphatic heterocycles. The fraction of sp³-hybridized carbons (Fsp3) is 0.500. The van der Waals surface area contributed by atoms with Crippen molar-refractivity contribution < 1.29 is 23.1 Å². The standard InChI is InChI=1S/C24H27F3N8O2/c1-23(37)8-15(9-23)30-22-31-20(34-11-17(12-34)33-6-5-28-19(36)13-33)18-10-29-35(21(18)32-22)16-4-2-3-14(7-16)24(25,26)27/h2-4,7,10,15,17,37H,5-6,8-9,11-13H2,1H3,(H,28,36)(H,30,31,32). The quantitative estimate of drug-likeness (QED) is 0.471. The number of amides is 1. The number of rotatable bonds is 5. The van der Waals surface area contributed by atoms with Crippen LogP contribution in [0.4, 0.5) is 24.9 Å². The molecule has 0 unspecified atom stereocenters. The highest BCUT2D eigenvalue weighted by Crippen LogP contribution is 2.36. The lowest BCUT2D eigenvalue weighted by Crippen LogP contribution is -2.64. The summed E-state index contributed by atoms with van der Waals surface area (Å²) in [6, 6.07) is 5.16. The number of carbonyl (C=O) groups excluding carboxylic acids is 1. The molecule has 3 aromatic rings. The molecule has 1 amide bonds. The second kappa shape index (κ2) is 8.55. The summed E-state index contributed by atoms with van der Waals surface area (Å²) in [7, 11) is 0. The molecule has 3 N–H and O–H groups in total. The average molecular weight is 517 g/mol. The second-order valence-electron chi connectivity index (χ2n) is 10.3. The van der Waals surface area contributed by atoms with Crippen LogP contribution in [-0.2, 0) is 11.0 Å². The Morgan fingerprint density at radius 3 is 2.70 bits per heavy atom. The van der Waals surface area contributed by atoms with Crippen LogP contribution in [0.5, 0.6) is 0 Å². The molecule has 1 aliphatic carbocycles. The van der Waals surface area contributed by atoms with E-state index < -0.39 is 17.3 Å². The molecule has 10 nitrogen and oxygen atoms in total. The van der Waals surface area contributed by atoms with Gasteiger partial charge in [0.05, 0.1) is 35.0 Å². The first-order chi connectivity index (χ1) is 17.6. The van der Waals surface area contributed by atoms with E-state index in [2.05, 4.69) is 30.5 Å². The van der Waals surface area contributed by atoms with Gasteiger partial charge in [0.1, 0.15) is 5.82 Å². The first-order valence-electron chi connectivity index (χ1n) is 12.2. The van der Waals surface area contributed by atoms with Crippen molar-refractivity contribution in [1.29, 1.82) is 0 Å². The zero-order valence-corrected chi connectivity index (χ0v) is 20.2. The van der Waals surface area contributed by atoms with E-state index in [-0.39, 0.29) is 23.7 Å². The molecule has 1 saturated carbocycles. The van der Waals surface area contributed by atoms with Crippen molar-refractivity contribution in [3.63, 3.8) is 0 Å². The van der Waals surface area contributed by atoms with Crippen molar-refractivity contribution in [2.24, 2.45) is 0 Å². The number of aromatic nitrogens is 4. The number of hydrogen-bond acceptors (Lipinski definition) is 8. The molecular weight excluding hydrogens is 489 g/mol. The minimum Gasteiger partial charge on any atom is -0.390 e. The highest BCUT2D eigenvalue weighted by molar-refractivity contribution is 5.89. The number of anilines is 2. The molecule has 3 fully saturated rings. The van der Waals surface area contributed by atoms with E-state index >= 15 is 0 Å². The van der Waals surface area contributed by atoms with Gasteiger partial charge in [-0.05, 0) is 38.0 Å². The molecule has 0 spiro atoms. The van der Waals surface area contributed by atoms with Crippen LogP contribution >= 0.6 is 0 Å². The second-order valence-corrected chi connectivity index (χ2v) is 10.3. The van der Waals surface area contributed by atoms with E-state index in [1.807, 2.05) is 0 Å². The highest BCUT2D eigenvalue weighted by Gasteiger charge is 2.40. The van der Waals surface area contributed by atoms with E-state index in [0.717, 1.165) is 18.7 Å². The smallest absolute Gasteiger partial charge is 0.390 e. The summed E-state index contributed by atoms with van der Waals surface area (Å²) in [5.41, 5.74) is -0.879. The Hall–Kier alpha value is -3.45. The Morgan fingerprint density at radius 1 is 1.22 bits per heavy atom. The Labute approximate surface area is 210 Å². The van der Waals surface area contributed by atoms with Gasteiger partial charge in [-0.25, -0.2) is 4.68 Å². The van der Waals surface area contributed by atoms with Crippen LogP contribution in [0.1, 0.15) is 25.3 Å². The molecule has 3 aliphatic rings. The molecule has 0 radical (unpaired) electrons. The van der Waals surface area contributed by atoms with Crippen LogP contribution in [0.25, 0.3) is 16.7 Å². The van der Waals surface area contributed by atoms with Gasteiger partial charge in [0.15, 0.2) is 5.65 Å². The lowest BCUT2D eigenvalue weighted by Gasteiger charge is -2.47. The lowest BCUT2D eigenvalue weighted by atomic mass is 9.77. The molecule has 1 aromatic carbocycles. The van der Waals surface area contributed by atoms with Gasteiger partial charge in [-0.3, -0.25) is 9.69 Å². The summed E-state index contributed by atoms with van der Waals surface area (Å²) in [6.45, 7) is 4.85. The van der Waals surface area contributed by atoms with Gasteiger partial charge >= 0.3 is 6.18 Å². The first kappa shape index (κ1) is 23.9. The number of fused-ring (bicyclic) bond motifs is 1. The number of piperazine rings is 1. The van der Waals surface area contributed by atoms with E-state index in [1.54, 1.807) is 19.2 Å². The number of benzene rings is 1. The molecule has 0 atom stereocenters. The molecule has 4 heterocycles. The van der Waals surface area contributed by atoms with Gasteiger partial charge in [-0.1, -0.05) is 6.07 Å². The van der Waals surface area contributed by atoms with Crippen LogP contribution in [0.3, 0.4) is 0 Å². The Kier molecular flexibility index (Phi) is 5.53. The molecule has 0 bridgehead atoms. The molecule has 6 rings (SSSR count). The maximum absolute atomic E-state index is 13.4. The third-order valence-corrected chi connectivity index (χ3v) is 7.28. The average Bonchev–Trinajstić information content (AvgIpc) is 3.21. The maximum Gasteiger partial charge on any atom is 0.416 e. The number of nitrogens with one attached hydrogen (secondary N) is 2. The molecule has 2 saturated heterocycles. The van der Waals surface area contributed by atoms with Gasteiger partial charge in [-0.2, -0.15) is 28.2 Å². The fourth-order valence-electron chi connectivity index (χ4n) is 5.32. The van der Waals surface area contributed by atoms with Gasteiger partial charge in [0.2, 0.25) is 11.9 Å². The van der Waals surface area contributed by atoms with Crippen LogP contribution in [0.2, 0.25) is 0 Å². The Balaban J connectivity index is 1.34. The first-order valence-corrected chi connectivity index (χ1v) is 12.2. The lowest BCUT2D eigenvalue weighted by molar-refractivity contribution is -0.137. The van der Waals surface area contributed by atoms with E-state index in [1.165, 1.54) is 10.7 Å². The molecule has 13 heteroatoms. The van der Waals surface area contributed by atoms with Crippen molar-refractivity contribution in [2.45, 2.75) is 43.6 Å². The third kappa shape index (κ3) is 4.57. The summed E-state index contributed by atoms with van der Waals surface area (Å²) in [5.74, 6) is 0.978. The minimum absolute atomic E-state index is 0.0127. The Bertz CT molecular complexity index is 1340. The zero-order valence-electron chi connectivity index (χ0n) is 20.2. The number of alkyl halides is 3. The molecule has 196 valence electrons. The summed E-state index contributed by atoms with van der Waals surface area (Å²) in [4.78, 5) is 25.4. The molecule has 2 aromatic heterocycles. The van der Waals surface area contributed by atoms with Crippen LogP contribution in [0, 0.1) is 0 Å². The van der Waals surface area contributed by atoms with Gasteiger partial charge in [0, 0.05) is 38.3 Å². The van der Waals surface area contributed by atoms with Crippen molar-refractivity contribution in [3.8, 4) is 5.69 Å². The number of carbonyl (C=O) groups is 1. The van der Waals surface area contributed by atoms with Crippen molar-refractivity contribution in [1.82, 2.24) is 30.0 Å². The third-order valence-electron chi connectivity index (χ3n) is 7.28. The number of hydrogen-bond donors (Lipinski definition) is 3. The maximum atomic E-state index is 13.4. The van der Waals surface area contributed by atoms with Crippen molar-refractivity contribution in [3.05, 3.63) is 36.0 Å². The highest BCUT2D eigenvalue weighted by atomic mass is 19.4. The van der Waals surface area contributed by atoms with Crippen LogP contribution < -0.4 is 15.5 Å². The number of aliphatic hydroxyl groups is 1. The monoisotopic (exact) mass is 516 g/mol. The van der Waals surface area contributed by atoms with Crippen LogP contribution in [-0.4, -0.2) is 86.1 Å². The van der Waals surface area contributed by atoms with E-state index in [9.17, 15) is 23.1 Å².